The molecule has 0 unspecified atom stereocenters. The fourth-order valence-corrected chi connectivity index (χ4v) is 3.00. The third kappa shape index (κ3) is 2.80. The molecule has 1 aromatic rings. The number of anilines is 1. The van der Waals surface area contributed by atoms with E-state index in [1.54, 1.807) is 17.0 Å². The first-order valence-electron chi connectivity index (χ1n) is 8.22. The third-order valence-corrected chi connectivity index (χ3v) is 4.32. The number of rotatable bonds is 6. The molecular weight excluding hydrogens is 294 g/mol. The van der Waals surface area contributed by atoms with Crippen LogP contribution in [-0.4, -0.2) is 30.4 Å². The summed E-state index contributed by atoms with van der Waals surface area (Å²) in [5.74, 6) is 1.00. The van der Waals surface area contributed by atoms with Gasteiger partial charge >= 0.3 is 0 Å². The minimum Gasteiger partial charge on any atom is -0.490 e. The molecule has 0 bridgehead atoms. The van der Waals surface area contributed by atoms with Crippen LogP contribution in [0.25, 0.3) is 0 Å². The van der Waals surface area contributed by atoms with Crippen LogP contribution in [0.1, 0.15) is 57.8 Å². The van der Waals surface area contributed by atoms with Crippen LogP contribution < -0.4 is 14.4 Å². The van der Waals surface area contributed by atoms with Crippen LogP contribution in [0, 0.1) is 0 Å². The zero-order valence-corrected chi connectivity index (χ0v) is 14.5. The Labute approximate surface area is 137 Å². The maximum Gasteiger partial charge on any atom is 0.271 e. The summed E-state index contributed by atoms with van der Waals surface area (Å²) < 4.78 is 11.8. The van der Waals surface area contributed by atoms with Gasteiger partial charge in [-0.15, -0.1) is 0 Å². The molecule has 0 spiro atoms. The Hall–Kier alpha value is -2.04. The monoisotopic (exact) mass is 319 g/mol. The number of carbonyl (C=O) groups is 2. The zero-order valence-electron chi connectivity index (χ0n) is 14.5. The molecule has 0 aliphatic carbocycles. The van der Waals surface area contributed by atoms with Gasteiger partial charge in [0.05, 0.1) is 12.3 Å². The second-order valence-electron chi connectivity index (χ2n) is 5.99. The number of aldehydes is 1. The van der Waals surface area contributed by atoms with Crippen LogP contribution in [0.15, 0.2) is 12.1 Å². The summed E-state index contributed by atoms with van der Waals surface area (Å²) in [6.45, 7) is 10.1. The zero-order chi connectivity index (χ0) is 17.2. The number of nitrogens with zero attached hydrogens (tertiary/aromatic N) is 1. The van der Waals surface area contributed by atoms with Crippen LogP contribution in [0.5, 0.6) is 11.5 Å². The Kier molecular flexibility index (Phi) is 4.97. The third-order valence-electron chi connectivity index (χ3n) is 4.32. The normalized spacial score (nSPS) is 16.1. The van der Waals surface area contributed by atoms with Gasteiger partial charge in [-0.05, 0) is 45.7 Å². The van der Waals surface area contributed by atoms with Gasteiger partial charge in [-0.25, -0.2) is 0 Å². The smallest absolute Gasteiger partial charge is 0.271 e. The van der Waals surface area contributed by atoms with Gasteiger partial charge < -0.3 is 14.4 Å². The Morgan fingerprint density at radius 2 is 1.91 bits per heavy atom. The second kappa shape index (κ2) is 6.60. The van der Waals surface area contributed by atoms with Gasteiger partial charge in [-0.3, -0.25) is 9.59 Å². The molecule has 1 aliphatic heterocycles. The van der Waals surface area contributed by atoms with Gasteiger partial charge in [-0.1, -0.05) is 13.8 Å². The maximum absolute atomic E-state index is 13.1. The number of benzene rings is 1. The molecule has 0 saturated heterocycles. The Morgan fingerprint density at radius 1 is 1.26 bits per heavy atom. The van der Waals surface area contributed by atoms with Crippen LogP contribution in [0.3, 0.4) is 0 Å². The van der Waals surface area contributed by atoms with E-state index < -0.39 is 5.60 Å². The lowest BCUT2D eigenvalue weighted by molar-refractivity contribution is -0.136. The lowest BCUT2D eigenvalue weighted by Gasteiger charge is -2.44. The Morgan fingerprint density at radius 3 is 2.39 bits per heavy atom. The SMILES string of the molecule is CCOc1cc(C=O)cc2c1OC(CC)(CC)C(=O)N2C(C)C. The first-order chi connectivity index (χ1) is 10.9. The molecule has 0 saturated carbocycles. The number of hydrogen-bond donors (Lipinski definition) is 0. The van der Waals surface area contributed by atoms with E-state index in [0.29, 0.717) is 42.2 Å². The van der Waals surface area contributed by atoms with E-state index >= 15 is 0 Å². The van der Waals surface area contributed by atoms with E-state index in [1.807, 2.05) is 34.6 Å². The molecule has 1 aliphatic rings. The molecule has 2 rings (SSSR count). The lowest BCUT2D eigenvalue weighted by Crippen LogP contribution is -2.57. The molecule has 0 fully saturated rings. The Balaban J connectivity index is 2.72. The van der Waals surface area contributed by atoms with E-state index in [1.165, 1.54) is 0 Å². The molecule has 1 aromatic carbocycles. The summed E-state index contributed by atoms with van der Waals surface area (Å²) in [6.07, 6.45) is 1.91. The second-order valence-corrected chi connectivity index (χ2v) is 5.99. The minimum atomic E-state index is -0.883. The van der Waals surface area contributed by atoms with Crippen molar-refractivity contribution in [1.82, 2.24) is 0 Å². The number of hydrogen-bond acceptors (Lipinski definition) is 4. The molecule has 5 heteroatoms. The van der Waals surface area contributed by atoms with Crippen LogP contribution in [0.2, 0.25) is 0 Å². The highest BCUT2D eigenvalue weighted by molar-refractivity contribution is 6.04. The van der Waals surface area contributed by atoms with Crippen molar-refractivity contribution in [2.45, 2.75) is 59.1 Å². The van der Waals surface area contributed by atoms with Crippen LogP contribution >= 0.6 is 0 Å². The predicted molar refractivity (Wildman–Crippen MR) is 89.6 cm³/mol. The summed E-state index contributed by atoms with van der Waals surface area (Å²) in [7, 11) is 0. The highest BCUT2D eigenvalue weighted by Crippen LogP contribution is 2.47. The summed E-state index contributed by atoms with van der Waals surface area (Å²) in [6, 6.07) is 3.32. The van der Waals surface area contributed by atoms with E-state index in [4.69, 9.17) is 9.47 Å². The first-order valence-corrected chi connectivity index (χ1v) is 8.22. The molecule has 0 N–H and O–H groups in total. The van der Waals surface area contributed by atoms with Crippen LogP contribution in [0.4, 0.5) is 5.69 Å². The van der Waals surface area contributed by atoms with Gasteiger partial charge in [0.15, 0.2) is 17.1 Å². The average Bonchev–Trinajstić information content (AvgIpc) is 2.54. The highest BCUT2D eigenvalue weighted by atomic mass is 16.5. The molecule has 126 valence electrons. The first kappa shape index (κ1) is 17.3. The fourth-order valence-electron chi connectivity index (χ4n) is 3.00. The van der Waals surface area contributed by atoms with Gasteiger partial charge in [0, 0.05) is 11.6 Å². The molecule has 0 aromatic heterocycles. The molecule has 0 atom stereocenters. The highest BCUT2D eigenvalue weighted by Gasteiger charge is 2.47. The van der Waals surface area contributed by atoms with Crippen molar-refractivity contribution in [2.75, 3.05) is 11.5 Å². The van der Waals surface area contributed by atoms with Crippen molar-refractivity contribution in [2.24, 2.45) is 0 Å². The van der Waals surface area contributed by atoms with Crippen molar-refractivity contribution >= 4 is 17.9 Å². The van der Waals surface area contributed by atoms with Crippen molar-refractivity contribution in [3.8, 4) is 11.5 Å². The molecule has 23 heavy (non-hydrogen) atoms. The topological polar surface area (TPSA) is 55.8 Å². The summed E-state index contributed by atoms with van der Waals surface area (Å²) in [5, 5.41) is 0. The summed E-state index contributed by atoms with van der Waals surface area (Å²) in [4.78, 5) is 26.0. The Bertz CT molecular complexity index is 605. The quantitative estimate of drug-likeness (QED) is 0.752. The van der Waals surface area contributed by atoms with Gasteiger partial charge in [0.2, 0.25) is 0 Å². The van der Waals surface area contributed by atoms with E-state index in [-0.39, 0.29) is 11.9 Å². The molecule has 1 amide bonds. The fraction of sp³-hybridized carbons (Fsp3) is 0.556. The van der Waals surface area contributed by atoms with E-state index in [2.05, 4.69) is 0 Å². The van der Waals surface area contributed by atoms with E-state index in [0.717, 1.165) is 6.29 Å². The average molecular weight is 319 g/mol. The molecular formula is C18H25NO4. The van der Waals surface area contributed by atoms with Crippen molar-refractivity contribution in [3.63, 3.8) is 0 Å². The van der Waals surface area contributed by atoms with Gasteiger partial charge in [0.1, 0.15) is 6.29 Å². The van der Waals surface area contributed by atoms with E-state index in [9.17, 15) is 9.59 Å². The standard InChI is InChI=1S/C18H25NO4/c1-6-18(7-2)17(21)19(12(4)5)14-9-13(11-20)10-15(22-8-3)16(14)23-18/h9-12H,6-8H2,1-5H3. The van der Waals surface area contributed by atoms with Crippen molar-refractivity contribution in [1.29, 1.82) is 0 Å². The summed E-state index contributed by atoms with van der Waals surface area (Å²) in [5.41, 5.74) is 0.191. The van der Waals surface area contributed by atoms with Gasteiger partial charge in [0.25, 0.3) is 5.91 Å². The number of amides is 1. The molecule has 5 nitrogen and oxygen atoms in total. The molecule has 0 radical (unpaired) electrons. The lowest BCUT2D eigenvalue weighted by atomic mass is 9.91. The molecule has 1 heterocycles. The van der Waals surface area contributed by atoms with Gasteiger partial charge in [-0.2, -0.15) is 0 Å². The summed E-state index contributed by atoms with van der Waals surface area (Å²) >= 11 is 0. The van der Waals surface area contributed by atoms with Crippen LogP contribution in [-0.2, 0) is 4.79 Å². The largest absolute Gasteiger partial charge is 0.490 e. The van der Waals surface area contributed by atoms with Crippen molar-refractivity contribution in [3.05, 3.63) is 17.7 Å². The number of fused-ring (bicyclic) bond motifs is 1. The predicted octanol–water partition coefficient (Wildman–Crippen LogP) is 3.59. The van der Waals surface area contributed by atoms with Crippen molar-refractivity contribution < 1.29 is 19.1 Å². The number of carbonyl (C=O) groups excluding carboxylic acids is 2. The number of ether oxygens (including phenoxy) is 2. The minimum absolute atomic E-state index is 0.0426. The maximum atomic E-state index is 13.1.